The van der Waals surface area contributed by atoms with Gasteiger partial charge in [-0.3, -0.25) is 4.79 Å². The molecule has 0 saturated carbocycles. The number of benzene rings is 2. The fourth-order valence-corrected chi connectivity index (χ4v) is 3.06. The van der Waals surface area contributed by atoms with Crippen LogP contribution in [0.15, 0.2) is 79.1 Å². The monoisotopic (exact) mass is 341 g/mol. The van der Waals surface area contributed by atoms with Gasteiger partial charge in [-0.05, 0) is 36.2 Å². The van der Waals surface area contributed by atoms with Crippen molar-refractivity contribution in [2.75, 3.05) is 5.32 Å². The van der Waals surface area contributed by atoms with Crippen molar-refractivity contribution in [2.45, 2.75) is 13.3 Å². The topological polar surface area (TPSA) is 46.4 Å². The van der Waals surface area contributed by atoms with Crippen molar-refractivity contribution in [1.82, 2.24) is 9.38 Å². The highest BCUT2D eigenvalue weighted by atomic mass is 16.1. The molecule has 26 heavy (non-hydrogen) atoms. The zero-order valence-corrected chi connectivity index (χ0v) is 14.5. The molecule has 0 aliphatic heterocycles. The number of hydrogen-bond acceptors (Lipinski definition) is 2. The van der Waals surface area contributed by atoms with Crippen LogP contribution in [0.2, 0.25) is 0 Å². The van der Waals surface area contributed by atoms with Gasteiger partial charge < -0.3 is 9.72 Å². The first-order valence-corrected chi connectivity index (χ1v) is 8.58. The molecule has 1 N–H and O–H groups in total. The number of aromatic nitrogens is 2. The summed E-state index contributed by atoms with van der Waals surface area (Å²) in [6.07, 6.45) is 4.29. The van der Waals surface area contributed by atoms with E-state index in [1.54, 1.807) is 0 Å². The van der Waals surface area contributed by atoms with E-state index in [2.05, 4.69) is 10.3 Å². The van der Waals surface area contributed by atoms with Gasteiger partial charge in [-0.15, -0.1) is 0 Å². The van der Waals surface area contributed by atoms with Crippen molar-refractivity contribution >= 4 is 17.2 Å². The molecule has 0 unspecified atom stereocenters. The average Bonchev–Trinajstić information content (AvgIpc) is 3.08. The molecule has 0 radical (unpaired) electrons. The number of carbonyl (C=O) groups excluding carboxylic acids is 1. The maximum Gasteiger partial charge on any atom is 0.228 e. The summed E-state index contributed by atoms with van der Waals surface area (Å²) in [6, 6.07) is 21.6. The predicted molar refractivity (Wildman–Crippen MR) is 104 cm³/mol. The van der Waals surface area contributed by atoms with Crippen LogP contribution in [0.3, 0.4) is 0 Å². The quantitative estimate of drug-likeness (QED) is 0.594. The Kier molecular flexibility index (Phi) is 4.23. The molecule has 128 valence electrons. The van der Waals surface area contributed by atoms with Crippen LogP contribution in [-0.4, -0.2) is 15.3 Å². The van der Waals surface area contributed by atoms with Gasteiger partial charge in [-0.1, -0.05) is 48.5 Å². The molecule has 2 aromatic carbocycles. The number of nitrogens with zero attached hydrogens (tertiary/aromatic N) is 2. The Morgan fingerprint density at radius 1 is 1.00 bits per heavy atom. The molecule has 0 saturated heterocycles. The molecule has 4 rings (SSSR count). The molecule has 0 aliphatic carbocycles. The number of imidazole rings is 1. The Labute approximate surface area is 152 Å². The summed E-state index contributed by atoms with van der Waals surface area (Å²) < 4.78 is 1.97. The summed E-state index contributed by atoms with van der Waals surface area (Å²) in [5.41, 5.74) is 5.56. The number of aryl methyl sites for hydroxylation is 1. The van der Waals surface area contributed by atoms with Crippen molar-refractivity contribution in [3.8, 4) is 11.3 Å². The smallest absolute Gasteiger partial charge is 0.228 e. The van der Waals surface area contributed by atoms with E-state index in [0.29, 0.717) is 6.42 Å². The molecule has 4 nitrogen and oxygen atoms in total. The molecular formula is C22H19N3O. The van der Waals surface area contributed by atoms with Gasteiger partial charge in [0.1, 0.15) is 5.65 Å². The van der Waals surface area contributed by atoms with Crippen molar-refractivity contribution in [2.24, 2.45) is 0 Å². The second-order valence-corrected chi connectivity index (χ2v) is 6.29. The van der Waals surface area contributed by atoms with Crippen molar-refractivity contribution in [3.05, 3.63) is 90.3 Å². The van der Waals surface area contributed by atoms with Crippen molar-refractivity contribution in [1.29, 1.82) is 0 Å². The highest BCUT2D eigenvalue weighted by molar-refractivity contribution is 5.96. The lowest BCUT2D eigenvalue weighted by molar-refractivity contribution is -0.115. The minimum atomic E-state index is -0.0319. The highest BCUT2D eigenvalue weighted by Gasteiger charge is 2.12. The molecule has 4 heteroatoms. The van der Waals surface area contributed by atoms with E-state index in [1.807, 2.05) is 90.4 Å². The normalized spacial score (nSPS) is 10.8. The number of nitrogens with one attached hydrogen (secondary N) is 1. The van der Waals surface area contributed by atoms with E-state index in [9.17, 15) is 4.79 Å². The lowest BCUT2D eigenvalue weighted by Gasteiger charge is -2.10. The zero-order chi connectivity index (χ0) is 17.9. The first kappa shape index (κ1) is 16.1. The first-order chi connectivity index (χ1) is 12.7. The van der Waals surface area contributed by atoms with Crippen LogP contribution in [0.4, 0.5) is 5.69 Å². The zero-order valence-electron chi connectivity index (χ0n) is 14.5. The summed E-state index contributed by atoms with van der Waals surface area (Å²) in [4.78, 5) is 17.2. The highest BCUT2D eigenvalue weighted by Crippen LogP contribution is 2.27. The molecule has 0 atom stereocenters. The Balaban J connectivity index is 1.61. The third-order valence-corrected chi connectivity index (χ3v) is 4.45. The number of amides is 1. The van der Waals surface area contributed by atoms with Gasteiger partial charge in [0.25, 0.3) is 0 Å². The Morgan fingerprint density at radius 2 is 1.77 bits per heavy atom. The van der Waals surface area contributed by atoms with Gasteiger partial charge in [0, 0.05) is 18.0 Å². The number of hydrogen-bond donors (Lipinski definition) is 1. The van der Waals surface area contributed by atoms with E-state index < -0.39 is 0 Å². The van der Waals surface area contributed by atoms with E-state index in [4.69, 9.17) is 0 Å². The summed E-state index contributed by atoms with van der Waals surface area (Å²) in [7, 11) is 0. The Morgan fingerprint density at radius 3 is 2.62 bits per heavy atom. The number of para-hydroxylation sites is 1. The first-order valence-electron chi connectivity index (χ1n) is 8.58. The summed E-state index contributed by atoms with van der Waals surface area (Å²) in [5.74, 6) is -0.0319. The van der Waals surface area contributed by atoms with E-state index in [-0.39, 0.29) is 5.91 Å². The Bertz CT molecular complexity index is 1050. The van der Waals surface area contributed by atoms with Gasteiger partial charge in [0.05, 0.1) is 17.8 Å². The summed E-state index contributed by atoms with van der Waals surface area (Å²) >= 11 is 0. The fourth-order valence-electron chi connectivity index (χ4n) is 3.06. The minimum absolute atomic E-state index is 0.0319. The predicted octanol–water partition coefficient (Wildman–Crippen LogP) is 4.49. The second-order valence-electron chi connectivity index (χ2n) is 6.29. The minimum Gasteiger partial charge on any atom is -0.325 e. The summed E-state index contributed by atoms with van der Waals surface area (Å²) in [6.45, 7) is 2.02. The van der Waals surface area contributed by atoms with E-state index >= 15 is 0 Å². The second kappa shape index (κ2) is 6.84. The molecular weight excluding hydrogens is 322 g/mol. The fraction of sp³-hybridized carbons (Fsp3) is 0.0909. The number of rotatable bonds is 4. The largest absolute Gasteiger partial charge is 0.325 e. The molecule has 0 spiro atoms. The van der Waals surface area contributed by atoms with Gasteiger partial charge in [0.15, 0.2) is 0 Å². The van der Waals surface area contributed by atoms with E-state index in [0.717, 1.165) is 33.7 Å². The van der Waals surface area contributed by atoms with E-state index in [1.165, 1.54) is 0 Å². The van der Waals surface area contributed by atoms with Crippen molar-refractivity contribution < 1.29 is 4.79 Å². The van der Waals surface area contributed by atoms with Crippen LogP contribution in [0, 0.1) is 6.92 Å². The van der Waals surface area contributed by atoms with Crippen LogP contribution in [0.1, 0.15) is 11.1 Å². The molecule has 2 heterocycles. The third kappa shape index (κ3) is 3.22. The standard InChI is InChI=1S/C22H19N3O/c1-16-8-2-3-9-17(16)14-22(26)24-19-11-5-4-10-18(19)20-15-25-13-7-6-12-21(25)23-20/h2-13,15H,14H2,1H3,(H,24,26). The SMILES string of the molecule is Cc1ccccc1CC(=O)Nc1ccccc1-c1cn2ccccc2n1. The number of anilines is 1. The lowest BCUT2D eigenvalue weighted by Crippen LogP contribution is -2.15. The number of pyridine rings is 1. The Hall–Kier alpha value is -3.40. The van der Waals surface area contributed by atoms with Crippen molar-refractivity contribution in [3.63, 3.8) is 0 Å². The molecule has 0 aliphatic rings. The van der Waals surface area contributed by atoms with Gasteiger partial charge in [-0.2, -0.15) is 0 Å². The molecule has 4 aromatic rings. The molecule has 2 aromatic heterocycles. The average molecular weight is 341 g/mol. The van der Waals surface area contributed by atoms with Crippen LogP contribution < -0.4 is 5.32 Å². The third-order valence-electron chi connectivity index (χ3n) is 4.45. The maximum absolute atomic E-state index is 12.6. The maximum atomic E-state index is 12.6. The van der Waals surface area contributed by atoms with Crippen LogP contribution in [-0.2, 0) is 11.2 Å². The van der Waals surface area contributed by atoms with Crippen LogP contribution >= 0.6 is 0 Å². The number of fused-ring (bicyclic) bond motifs is 1. The number of carbonyl (C=O) groups is 1. The van der Waals surface area contributed by atoms with Crippen LogP contribution in [0.25, 0.3) is 16.9 Å². The molecule has 0 fully saturated rings. The molecule has 1 amide bonds. The molecule has 0 bridgehead atoms. The summed E-state index contributed by atoms with van der Waals surface area (Å²) in [5, 5.41) is 3.04. The van der Waals surface area contributed by atoms with Gasteiger partial charge in [-0.25, -0.2) is 4.98 Å². The lowest BCUT2D eigenvalue weighted by atomic mass is 10.1. The van der Waals surface area contributed by atoms with Gasteiger partial charge >= 0.3 is 0 Å². The van der Waals surface area contributed by atoms with Gasteiger partial charge in [0.2, 0.25) is 5.91 Å². The van der Waals surface area contributed by atoms with Crippen LogP contribution in [0.5, 0.6) is 0 Å².